The maximum Gasteiger partial charge on any atom is 0.331 e. The Morgan fingerprint density at radius 2 is 1.44 bits per heavy atom. The summed E-state index contributed by atoms with van der Waals surface area (Å²) in [6, 6.07) is 36.6. The highest BCUT2D eigenvalue weighted by molar-refractivity contribution is 7.99. The molecule has 1 unspecified atom stereocenters. The number of hydrogen-bond donors (Lipinski definition) is 1. The molecule has 7 rings (SSSR count). The van der Waals surface area contributed by atoms with Crippen molar-refractivity contribution in [1.82, 2.24) is 0 Å². The van der Waals surface area contributed by atoms with Gasteiger partial charge in [-0.15, -0.1) is 0 Å². The van der Waals surface area contributed by atoms with Gasteiger partial charge >= 0.3 is 7.48 Å². The van der Waals surface area contributed by atoms with E-state index in [0.717, 1.165) is 31.6 Å². The van der Waals surface area contributed by atoms with Crippen molar-refractivity contribution in [2.45, 2.75) is 54.1 Å². The lowest BCUT2D eigenvalue weighted by atomic mass is 9.65. The van der Waals surface area contributed by atoms with Gasteiger partial charge < -0.3 is 9.76 Å². The number of aliphatic hydroxyl groups is 1. The molecule has 0 fully saturated rings. The number of rotatable bonds is 4. The van der Waals surface area contributed by atoms with Gasteiger partial charge in [0.2, 0.25) is 0 Å². The molecule has 0 aromatic heterocycles. The van der Waals surface area contributed by atoms with Crippen LogP contribution in [0.5, 0.6) is 0 Å². The molecule has 0 saturated heterocycles. The smallest absolute Gasteiger partial charge is 0.331 e. The molecule has 0 saturated carbocycles. The number of nitrogens with zero attached hydrogens (tertiary/aromatic N) is 1. The third kappa shape index (κ3) is 3.61. The maximum absolute atomic E-state index is 10.8. The Balaban J connectivity index is 1.60. The molecule has 3 nitrogen and oxygen atoms in total. The van der Waals surface area contributed by atoms with Crippen LogP contribution in [0, 0.1) is 11.3 Å². The Kier molecular flexibility index (Phi) is 5.79. The van der Waals surface area contributed by atoms with Gasteiger partial charge in [-0.3, -0.25) is 0 Å². The van der Waals surface area contributed by atoms with Crippen LogP contribution in [0.2, 0.25) is 0 Å². The predicted octanol–water partition coefficient (Wildman–Crippen LogP) is 7.35. The predicted molar refractivity (Wildman–Crippen MR) is 167 cm³/mol. The van der Waals surface area contributed by atoms with Crippen molar-refractivity contribution in [3.8, 4) is 17.2 Å². The molecule has 199 valence electrons. The number of fused-ring (bicyclic) bond motifs is 11. The SMILES string of the molecule is CC(C)(O)C(C)(C)O[B]c1cc2c(c3ccccc13)-c1ccccc1C21c2ccccc2Sc2c(C#N)cccc21. The lowest BCUT2D eigenvalue weighted by molar-refractivity contribution is -0.0893. The second-order valence-corrected chi connectivity index (χ2v) is 13.0. The topological polar surface area (TPSA) is 53.2 Å². The van der Waals surface area contributed by atoms with Gasteiger partial charge in [0, 0.05) is 9.79 Å². The van der Waals surface area contributed by atoms with Crippen molar-refractivity contribution in [2.75, 3.05) is 0 Å². The van der Waals surface area contributed by atoms with Crippen molar-refractivity contribution < 1.29 is 9.76 Å². The first kappa shape index (κ1) is 26.1. The van der Waals surface area contributed by atoms with Crippen LogP contribution in [0.4, 0.5) is 0 Å². The zero-order valence-corrected chi connectivity index (χ0v) is 24.3. The second kappa shape index (κ2) is 9.09. The molecule has 1 aliphatic carbocycles. The van der Waals surface area contributed by atoms with Gasteiger partial charge in [0.25, 0.3) is 0 Å². The molecule has 41 heavy (non-hydrogen) atoms. The summed E-state index contributed by atoms with van der Waals surface area (Å²) in [6.45, 7) is 7.36. The largest absolute Gasteiger partial charge is 0.427 e. The van der Waals surface area contributed by atoms with Gasteiger partial charge in [0.1, 0.15) is 6.07 Å². The fourth-order valence-corrected chi connectivity index (χ4v) is 7.60. The molecular weight excluding hydrogens is 521 g/mol. The zero-order valence-electron chi connectivity index (χ0n) is 23.5. The molecule has 1 spiro atoms. The van der Waals surface area contributed by atoms with Crippen LogP contribution in [0.15, 0.2) is 107 Å². The Bertz CT molecular complexity index is 1920. The number of benzene rings is 5. The normalized spacial score (nSPS) is 17.0. The Morgan fingerprint density at radius 3 is 2.20 bits per heavy atom. The highest BCUT2D eigenvalue weighted by Gasteiger charge is 2.51. The van der Waals surface area contributed by atoms with E-state index < -0.39 is 16.6 Å². The zero-order chi connectivity index (χ0) is 28.6. The lowest BCUT2D eigenvalue weighted by Gasteiger charge is -2.40. The average Bonchev–Trinajstić information content (AvgIpc) is 3.26. The minimum atomic E-state index is -1.04. The molecule has 1 aliphatic heterocycles. The number of nitriles is 1. The van der Waals surface area contributed by atoms with E-state index in [0.29, 0.717) is 5.56 Å². The van der Waals surface area contributed by atoms with Gasteiger partial charge in [-0.25, -0.2) is 0 Å². The standard InChI is InChI=1S/C36H29BNO2S/c1-34(2,39)35(3,4)40-37-30-20-29-32(24-14-6-5-13-23(24)30)25-15-7-8-16-26(25)36(29)27-17-9-10-19-31(27)41-33-22(21-38)12-11-18-28(33)36/h5-20,39H,1-4H3. The molecule has 1 atom stereocenters. The molecule has 5 heteroatoms. The maximum atomic E-state index is 10.8. The van der Waals surface area contributed by atoms with Crippen LogP contribution in [-0.4, -0.2) is 23.8 Å². The molecule has 5 aromatic rings. The Labute approximate surface area is 246 Å². The van der Waals surface area contributed by atoms with Crippen LogP contribution in [0.1, 0.15) is 55.5 Å². The monoisotopic (exact) mass is 550 g/mol. The van der Waals surface area contributed by atoms with Crippen LogP contribution < -0.4 is 5.46 Å². The Hall–Kier alpha value is -3.82. The van der Waals surface area contributed by atoms with Gasteiger partial charge in [-0.1, -0.05) is 96.7 Å². The highest BCUT2D eigenvalue weighted by atomic mass is 32.2. The summed E-state index contributed by atoms with van der Waals surface area (Å²) in [7, 11) is 1.81. The third-order valence-electron chi connectivity index (χ3n) is 9.08. The molecule has 0 amide bonds. The van der Waals surface area contributed by atoms with E-state index in [2.05, 4.69) is 91.0 Å². The number of hydrogen-bond acceptors (Lipinski definition) is 4. The molecular formula is C36H29BNO2S. The molecule has 0 bridgehead atoms. The van der Waals surface area contributed by atoms with E-state index in [1.165, 1.54) is 27.8 Å². The Morgan fingerprint density at radius 1 is 0.780 bits per heavy atom. The quantitative estimate of drug-likeness (QED) is 0.233. The van der Waals surface area contributed by atoms with Gasteiger partial charge in [0.15, 0.2) is 0 Å². The van der Waals surface area contributed by atoms with E-state index in [4.69, 9.17) is 4.65 Å². The lowest BCUT2D eigenvalue weighted by Crippen LogP contribution is -2.49. The summed E-state index contributed by atoms with van der Waals surface area (Å²) in [4.78, 5) is 2.16. The molecule has 5 aromatic carbocycles. The third-order valence-corrected chi connectivity index (χ3v) is 10.3. The van der Waals surface area contributed by atoms with Crippen molar-refractivity contribution in [2.24, 2.45) is 0 Å². The average molecular weight is 551 g/mol. The van der Waals surface area contributed by atoms with Crippen molar-refractivity contribution in [3.63, 3.8) is 0 Å². The van der Waals surface area contributed by atoms with Crippen LogP contribution >= 0.6 is 11.8 Å². The summed E-state index contributed by atoms with van der Waals surface area (Å²) in [6.07, 6.45) is 0. The van der Waals surface area contributed by atoms with E-state index in [-0.39, 0.29) is 0 Å². The van der Waals surface area contributed by atoms with Gasteiger partial charge in [-0.2, -0.15) is 5.26 Å². The van der Waals surface area contributed by atoms with E-state index >= 15 is 0 Å². The minimum Gasteiger partial charge on any atom is -0.427 e. The fraction of sp³-hybridized carbons (Fsp3) is 0.194. The van der Waals surface area contributed by atoms with Gasteiger partial charge in [-0.05, 0) is 89.4 Å². The van der Waals surface area contributed by atoms with Crippen molar-refractivity contribution in [1.29, 1.82) is 5.26 Å². The highest BCUT2D eigenvalue weighted by Crippen LogP contribution is 2.63. The van der Waals surface area contributed by atoms with Crippen LogP contribution in [0.3, 0.4) is 0 Å². The summed E-state index contributed by atoms with van der Waals surface area (Å²) in [5.41, 5.74) is 6.36. The summed E-state index contributed by atoms with van der Waals surface area (Å²) >= 11 is 1.69. The fourth-order valence-electron chi connectivity index (χ4n) is 6.35. The first-order valence-electron chi connectivity index (χ1n) is 13.9. The summed E-state index contributed by atoms with van der Waals surface area (Å²) in [5, 5.41) is 23.2. The van der Waals surface area contributed by atoms with Crippen LogP contribution in [-0.2, 0) is 10.1 Å². The van der Waals surface area contributed by atoms with Crippen molar-refractivity contribution >= 4 is 35.5 Å². The summed E-state index contributed by atoms with van der Waals surface area (Å²) in [5.74, 6) is 0. The van der Waals surface area contributed by atoms with E-state index in [1.54, 1.807) is 25.6 Å². The first-order valence-corrected chi connectivity index (χ1v) is 14.7. The van der Waals surface area contributed by atoms with E-state index in [9.17, 15) is 10.4 Å². The second-order valence-electron chi connectivity index (χ2n) is 11.9. The molecule has 1 heterocycles. The summed E-state index contributed by atoms with van der Waals surface area (Å²) < 4.78 is 6.35. The van der Waals surface area contributed by atoms with Crippen molar-refractivity contribution in [3.05, 3.63) is 125 Å². The molecule has 1 radical (unpaired) electrons. The molecule has 1 N–H and O–H groups in total. The minimum absolute atomic E-state index is 0.603. The van der Waals surface area contributed by atoms with E-state index in [1.807, 2.05) is 33.5 Å². The first-order chi connectivity index (χ1) is 19.7. The van der Waals surface area contributed by atoms with Crippen LogP contribution in [0.25, 0.3) is 21.9 Å². The molecule has 2 aliphatic rings. The van der Waals surface area contributed by atoms with Gasteiger partial charge in [0.05, 0.1) is 22.2 Å².